The van der Waals surface area contributed by atoms with Crippen LogP contribution in [0.3, 0.4) is 0 Å². The lowest BCUT2D eigenvalue weighted by atomic mass is 9.95. The number of amides is 1. The fourth-order valence-electron chi connectivity index (χ4n) is 4.00. The molecular weight excluding hydrogens is 490 g/mol. The zero-order chi connectivity index (χ0) is 26.3. The summed E-state index contributed by atoms with van der Waals surface area (Å²) in [4.78, 5) is 38.1. The fourth-order valence-corrected chi connectivity index (χ4v) is 5.11. The number of aryl methyl sites for hydroxylation is 1. The van der Waals surface area contributed by atoms with Crippen LogP contribution in [0.4, 0.5) is 4.79 Å². The number of ether oxygens (including phenoxy) is 3. The van der Waals surface area contributed by atoms with Crippen molar-refractivity contribution in [3.05, 3.63) is 65.7 Å². The highest BCUT2D eigenvalue weighted by Crippen LogP contribution is 2.34. The van der Waals surface area contributed by atoms with Gasteiger partial charge < -0.3 is 14.2 Å². The highest BCUT2D eigenvalue weighted by atomic mass is 32.2. The second kappa shape index (κ2) is 12.0. The van der Waals surface area contributed by atoms with Gasteiger partial charge in [-0.2, -0.15) is 8.42 Å². The summed E-state index contributed by atoms with van der Waals surface area (Å²) in [5.41, 5.74) is 1.60. The predicted molar refractivity (Wildman–Crippen MR) is 127 cm³/mol. The molecule has 3 rings (SSSR count). The summed E-state index contributed by atoms with van der Waals surface area (Å²) in [6.45, 7) is 2.65. The molecule has 1 saturated heterocycles. The number of hydrogen-bond acceptors (Lipinski definition) is 9. The third-order valence-electron chi connectivity index (χ3n) is 5.79. The van der Waals surface area contributed by atoms with Crippen molar-refractivity contribution in [2.45, 2.75) is 43.9 Å². The number of nitrogens with zero attached hydrogens (tertiary/aromatic N) is 1. The average Bonchev–Trinajstić information content (AvgIpc) is 3.20. The van der Waals surface area contributed by atoms with Crippen LogP contribution in [0, 0.1) is 12.8 Å². The number of carbonyl (C=O) groups is 3. The summed E-state index contributed by atoms with van der Waals surface area (Å²) in [6.07, 6.45) is -1.89. The van der Waals surface area contributed by atoms with Crippen molar-refractivity contribution in [3.8, 4) is 0 Å². The van der Waals surface area contributed by atoms with Crippen molar-refractivity contribution in [3.63, 3.8) is 0 Å². The van der Waals surface area contributed by atoms with Crippen LogP contribution < -0.4 is 0 Å². The van der Waals surface area contributed by atoms with E-state index < -0.39 is 46.2 Å². The molecule has 2 aromatic carbocycles. The van der Waals surface area contributed by atoms with E-state index in [1.165, 1.54) is 19.1 Å². The molecule has 1 amide bonds. The maximum absolute atomic E-state index is 13.0. The molecule has 0 unspecified atom stereocenters. The van der Waals surface area contributed by atoms with E-state index in [1.54, 1.807) is 36.4 Å². The molecule has 1 aliphatic heterocycles. The molecule has 2 aromatic rings. The van der Waals surface area contributed by atoms with Crippen LogP contribution in [0.2, 0.25) is 0 Å². The van der Waals surface area contributed by atoms with Crippen molar-refractivity contribution in [2.24, 2.45) is 5.92 Å². The lowest BCUT2D eigenvalue weighted by Gasteiger charge is -2.25. The van der Waals surface area contributed by atoms with Gasteiger partial charge in [0.25, 0.3) is 10.1 Å². The Morgan fingerprint density at radius 1 is 1.00 bits per heavy atom. The number of hydrogen-bond donors (Lipinski definition) is 0. The highest BCUT2D eigenvalue weighted by molar-refractivity contribution is 7.86. The van der Waals surface area contributed by atoms with Gasteiger partial charge in [-0.25, -0.2) is 9.59 Å². The Bertz CT molecular complexity index is 1170. The predicted octanol–water partition coefficient (Wildman–Crippen LogP) is 2.83. The molecule has 36 heavy (non-hydrogen) atoms. The molecule has 0 saturated carbocycles. The first kappa shape index (κ1) is 27.2. The Morgan fingerprint density at radius 3 is 2.28 bits per heavy atom. The van der Waals surface area contributed by atoms with E-state index in [1.807, 2.05) is 13.0 Å². The molecule has 10 nitrogen and oxygen atoms in total. The quantitative estimate of drug-likeness (QED) is 0.279. The van der Waals surface area contributed by atoms with Crippen molar-refractivity contribution in [1.29, 1.82) is 0 Å². The molecule has 0 aliphatic carbocycles. The molecule has 1 heterocycles. The van der Waals surface area contributed by atoms with Gasteiger partial charge in [0, 0.05) is 12.8 Å². The number of rotatable bonds is 9. The summed E-state index contributed by atoms with van der Waals surface area (Å²) in [7, 11) is -3.07. The maximum atomic E-state index is 13.0. The van der Waals surface area contributed by atoms with Crippen molar-refractivity contribution in [1.82, 2.24) is 4.90 Å². The van der Waals surface area contributed by atoms with Gasteiger partial charge >= 0.3 is 18.0 Å². The fraction of sp³-hybridized carbons (Fsp3) is 0.400. The van der Waals surface area contributed by atoms with E-state index in [0.717, 1.165) is 23.1 Å². The highest BCUT2D eigenvalue weighted by Gasteiger charge is 2.51. The summed E-state index contributed by atoms with van der Waals surface area (Å²) >= 11 is 0. The van der Waals surface area contributed by atoms with Gasteiger partial charge in [0.05, 0.1) is 25.2 Å². The molecule has 11 heteroatoms. The van der Waals surface area contributed by atoms with E-state index in [2.05, 4.69) is 0 Å². The Hall–Kier alpha value is -3.44. The Kier molecular flexibility index (Phi) is 9.05. The van der Waals surface area contributed by atoms with Crippen molar-refractivity contribution >= 4 is 28.1 Å². The van der Waals surface area contributed by atoms with Crippen LogP contribution in [0.5, 0.6) is 0 Å². The second-order valence-corrected chi connectivity index (χ2v) is 9.93. The van der Waals surface area contributed by atoms with E-state index in [4.69, 9.17) is 18.4 Å². The number of methoxy groups -OCH3 is 1. The molecule has 0 aromatic heterocycles. The zero-order valence-electron chi connectivity index (χ0n) is 20.3. The van der Waals surface area contributed by atoms with Crippen LogP contribution in [0.25, 0.3) is 0 Å². The lowest BCUT2D eigenvalue weighted by molar-refractivity contribution is -0.147. The second-order valence-electron chi connectivity index (χ2n) is 8.35. The SMILES string of the molecule is COC(=O)[C@@H]1[C@@H](CCOC(C)=O)[C@@H](OS(=O)(=O)c2ccc(C)cc2)CN1C(=O)OCc1ccccc1. The van der Waals surface area contributed by atoms with Crippen LogP contribution in [-0.2, 0) is 44.7 Å². The third kappa shape index (κ3) is 6.82. The monoisotopic (exact) mass is 519 g/mol. The minimum absolute atomic E-state index is 0.0463. The van der Waals surface area contributed by atoms with Gasteiger partial charge in [-0.15, -0.1) is 0 Å². The molecule has 0 spiro atoms. The Morgan fingerprint density at radius 2 is 1.67 bits per heavy atom. The van der Waals surface area contributed by atoms with Crippen LogP contribution >= 0.6 is 0 Å². The number of likely N-dealkylation sites (tertiary alicyclic amines) is 1. The number of carbonyl (C=O) groups excluding carboxylic acids is 3. The van der Waals surface area contributed by atoms with Gasteiger partial charge in [0.15, 0.2) is 0 Å². The standard InChI is InChI=1S/C25H29NO9S/c1-17-9-11-20(12-10-17)36(30,31)35-22-15-26(25(29)34-16-19-7-5-4-6-8-19)23(24(28)32-3)21(22)13-14-33-18(2)27/h4-12,21-23H,13-16H2,1-3H3/t21-,22-,23-/m0/s1. The molecule has 1 fully saturated rings. The zero-order valence-corrected chi connectivity index (χ0v) is 21.1. The lowest BCUT2D eigenvalue weighted by Crippen LogP contribution is -2.44. The third-order valence-corrected chi connectivity index (χ3v) is 7.14. The van der Waals surface area contributed by atoms with E-state index in [0.29, 0.717) is 0 Å². The summed E-state index contributed by atoms with van der Waals surface area (Å²) in [5.74, 6) is -2.15. The normalized spacial score (nSPS) is 19.5. The van der Waals surface area contributed by atoms with Gasteiger partial charge in [-0.1, -0.05) is 48.0 Å². The van der Waals surface area contributed by atoms with Gasteiger partial charge in [-0.3, -0.25) is 13.9 Å². The smallest absolute Gasteiger partial charge is 0.410 e. The maximum Gasteiger partial charge on any atom is 0.410 e. The minimum atomic E-state index is -4.23. The van der Waals surface area contributed by atoms with E-state index in [-0.39, 0.29) is 31.1 Å². The summed E-state index contributed by atoms with van der Waals surface area (Å²) in [6, 6.07) is 13.8. The number of benzene rings is 2. The molecule has 0 bridgehead atoms. The van der Waals surface area contributed by atoms with Crippen molar-refractivity contribution in [2.75, 3.05) is 20.3 Å². The van der Waals surface area contributed by atoms with E-state index >= 15 is 0 Å². The van der Waals surface area contributed by atoms with Crippen LogP contribution in [0.1, 0.15) is 24.5 Å². The first-order valence-corrected chi connectivity index (χ1v) is 12.7. The summed E-state index contributed by atoms with van der Waals surface area (Å²) in [5, 5.41) is 0. The Labute approximate surface area is 210 Å². The van der Waals surface area contributed by atoms with Crippen molar-refractivity contribution < 1.29 is 41.2 Å². The topological polar surface area (TPSA) is 126 Å². The van der Waals surface area contributed by atoms with Gasteiger partial charge in [0.2, 0.25) is 0 Å². The summed E-state index contributed by atoms with van der Waals surface area (Å²) < 4.78 is 46.9. The van der Waals surface area contributed by atoms with Crippen LogP contribution in [-0.4, -0.2) is 63.8 Å². The van der Waals surface area contributed by atoms with E-state index in [9.17, 15) is 22.8 Å². The number of esters is 2. The van der Waals surface area contributed by atoms with Crippen LogP contribution in [0.15, 0.2) is 59.5 Å². The minimum Gasteiger partial charge on any atom is -0.467 e. The molecule has 1 aliphatic rings. The van der Waals surface area contributed by atoms with Gasteiger partial charge in [-0.05, 0) is 31.0 Å². The molecule has 3 atom stereocenters. The average molecular weight is 520 g/mol. The molecule has 0 N–H and O–H groups in total. The first-order valence-electron chi connectivity index (χ1n) is 11.3. The Balaban J connectivity index is 1.86. The first-order chi connectivity index (χ1) is 17.1. The molecular formula is C25H29NO9S. The molecule has 0 radical (unpaired) electrons. The molecule has 194 valence electrons. The largest absolute Gasteiger partial charge is 0.467 e. The van der Waals surface area contributed by atoms with Gasteiger partial charge in [0.1, 0.15) is 18.8 Å².